The van der Waals surface area contributed by atoms with Gasteiger partial charge < -0.3 is 5.11 Å². The summed E-state index contributed by atoms with van der Waals surface area (Å²) in [6.07, 6.45) is 0.746. The van der Waals surface area contributed by atoms with Crippen LogP contribution in [0.25, 0.3) is 4.96 Å². The quantitative estimate of drug-likeness (QED) is 0.937. The number of nitrogens with zero attached hydrogens (tertiary/aromatic N) is 4. The van der Waals surface area contributed by atoms with Gasteiger partial charge in [-0.1, -0.05) is 46.0 Å². The zero-order chi connectivity index (χ0) is 15.1. The summed E-state index contributed by atoms with van der Waals surface area (Å²) in [4.78, 5) is 11.6. The Kier molecular flexibility index (Phi) is 3.58. The monoisotopic (exact) mass is 296 g/mol. The summed E-state index contributed by atoms with van der Waals surface area (Å²) in [6, 6.07) is 0. The molecule has 0 aromatic carbocycles. The van der Waals surface area contributed by atoms with Crippen molar-refractivity contribution in [1.82, 2.24) is 19.8 Å². The Hall–Kier alpha value is -1.50. The van der Waals surface area contributed by atoms with E-state index in [1.165, 1.54) is 11.3 Å². The SMILES string of the molecule is CC(C)(CC(=O)O)Cc1nn2c(C(C)(C)C)nnc2s1. The molecular weight excluding hydrogens is 276 g/mol. The highest BCUT2D eigenvalue weighted by Crippen LogP contribution is 2.29. The first-order valence-electron chi connectivity index (χ1n) is 6.52. The molecule has 0 saturated carbocycles. The lowest BCUT2D eigenvalue weighted by atomic mass is 9.86. The van der Waals surface area contributed by atoms with Crippen LogP contribution in [0.4, 0.5) is 0 Å². The number of carboxylic acid groups (broad SMARTS) is 1. The van der Waals surface area contributed by atoms with Gasteiger partial charge in [0.2, 0.25) is 4.96 Å². The molecule has 0 spiro atoms. The highest BCUT2D eigenvalue weighted by molar-refractivity contribution is 7.16. The molecule has 0 unspecified atom stereocenters. The van der Waals surface area contributed by atoms with Gasteiger partial charge in [-0.15, -0.1) is 10.2 Å². The molecular formula is C13H20N4O2S. The molecule has 6 nitrogen and oxygen atoms in total. The van der Waals surface area contributed by atoms with Gasteiger partial charge >= 0.3 is 5.97 Å². The van der Waals surface area contributed by atoms with Gasteiger partial charge in [0.15, 0.2) is 5.82 Å². The molecule has 110 valence electrons. The summed E-state index contributed by atoms with van der Waals surface area (Å²) in [5, 5.41) is 22.7. The number of fused-ring (bicyclic) bond motifs is 1. The Balaban J connectivity index is 2.29. The standard InChI is InChI=1S/C13H20N4O2S/c1-12(2,3)10-14-15-11-17(10)16-8(20-11)6-13(4,5)7-9(18)19/h6-7H2,1-5H3,(H,18,19). The van der Waals surface area contributed by atoms with E-state index in [0.29, 0.717) is 6.42 Å². The number of hydrogen-bond donors (Lipinski definition) is 1. The van der Waals surface area contributed by atoms with Crippen LogP contribution >= 0.6 is 11.3 Å². The van der Waals surface area contributed by atoms with Crippen molar-refractivity contribution in [1.29, 1.82) is 0 Å². The van der Waals surface area contributed by atoms with E-state index in [2.05, 4.69) is 36.1 Å². The average molecular weight is 296 g/mol. The minimum atomic E-state index is -0.784. The highest BCUT2D eigenvalue weighted by Gasteiger charge is 2.27. The number of rotatable bonds is 4. The van der Waals surface area contributed by atoms with Gasteiger partial charge in [0.25, 0.3) is 0 Å². The summed E-state index contributed by atoms with van der Waals surface area (Å²) >= 11 is 1.47. The van der Waals surface area contributed by atoms with E-state index < -0.39 is 5.97 Å². The third-order valence-corrected chi connectivity index (χ3v) is 3.86. The molecule has 0 saturated heterocycles. The van der Waals surface area contributed by atoms with Gasteiger partial charge in [-0.25, -0.2) is 0 Å². The smallest absolute Gasteiger partial charge is 0.303 e. The molecule has 0 radical (unpaired) electrons. The van der Waals surface area contributed by atoms with Gasteiger partial charge in [-0.3, -0.25) is 4.79 Å². The summed E-state index contributed by atoms with van der Waals surface area (Å²) in [7, 11) is 0. The third-order valence-electron chi connectivity index (χ3n) is 2.96. The highest BCUT2D eigenvalue weighted by atomic mass is 32.1. The van der Waals surface area contributed by atoms with Gasteiger partial charge in [0, 0.05) is 11.8 Å². The molecule has 1 N–H and O–H groups in total. The average Bonchev–Trinajstić information content (AvgIpc) is 2.70. The number of aliphatic carboxylic acids is 1. The van der Waals surface area contributed by atoms with Crippen molar-refractivity contribution in [3.05, 3.63) is 10.8 Å². The molecule has 20 heavy (non-hydrogen) atoms. The fourth-order valence-electron chi connectivity index (χ4n) is 2.08. The summed E-state index contributed by atoms with van der Waals surface area (Å²) in [5.41, 5.74) is -0.446. The van der Waals surface area contributed by atoms with E-state index in [9.17, 15) is 4.79 Å². The molecule has 0 bridgehead atoms. The molecule has 2 rings (SSSR count). The number of carboxylic acids is 1. The second kappa shape index (κ2) is 4.80. The van der Waals surface area contributed by atoms with Crippen LogP contribution in [0.5, 0.6) is 0 Å². The first-order chi connectivity index (χ1) is 9.08. The first kappa shape index (κ1) is 14.9. The van der Waals surface area contributed by atoms with Crippen LogP contribution in [0, 0.1) is 5.41 Å². The minimum absolute atomic E-state index is 0.124. The maximum atomic E-state index is 10.9. The topological polar surface area (TPSA) is 80.4 Å². The number of carbonyl (C=O) groups is 1. The largest absolute Gasteiger partial charge is 0.481 e. The predicted octanol–water partition coefficient (Wildman–Crippen LogP) is 2.53. The fraction of sp³-hybridized carbons (Fsp3) is 0.692. The Morgan fingerprint density at radius 2 is 1.90 bits per heavy atom. The first-order valence-corrected chi connectivity index (χ1v) is 7.33. The van der Waals surface area contributed by atoms with Gasteiger partial charge in [0.1, 0.15) is 5.01 Å². The van der Waals surface area contributed by atoms with E-state index in [0.717, 1.165) is 15.8 Å². The Labute approximate surface area is 121 Å². The van der Waals surface area contributed by atoms with Crippen molar-refractivity contribution >= 4 is 22.3 Å². The second-order valence-electron chi connectivity index (χ2n) is 6.88. The van der Waals surface area contributed by atoms with Crippen molar-refractivity contribution in [2.75, 3.05) is 0 Å². The number of aromatic nitrogens is 4. The van der Waals surface area contributed by atoms with Crippen molar-refractivity contribution in [3.8, 4) is 0 Å². The maximum Gasteiger partial charge on any atom is 0.303 e. The van der Waals surface area contributed by atoms with Crippen molar-refractivity contribution in [2.24, 2.45) is 5.41 Å². The van der Waals surface area contributed by atoms with Gasteiger partial charge in [-0.2, -0.15) is 9.61 Å². The molecule has 0 atom stereocenters. The van der Waals surface area contributed by atoms with Gasteiger partial charge in [0.05, 0.1) is 6.42 Å². The maximum absolute atomic E-state index is 10.9. The van der Waals surface area contributed by atoms with E-state index >= 15 is 0 Å². The molecule has 7 heteroatoms. The van der Waals surface area contributed by atoms with Gasteiger partial charge in [-0.05, 0) is 5.41 Å². The molecule has 0 aliphatic rings. The normalized spacial score (nSPS) is 13.1. The third kappa shape index (κ3) is 3.15. The van der Waals surface area contributed by atoms with Crippen LogP contribution in [0.2, 0.25) is 0 Å². The lowest BCUT2D eigenvalue weighted by molar-refractivity contribution is -0.139. The van der Waals surface area contributed by atoms with Crippen molar-refractivity contribution < 1.29 is 9.90 Å². The lowest BCUT2D eigenvalue weighted by Gasteiger charge is -2.20. The van der Waals surface area contributed by atoms with Crippen LogP contribution in [0.1, 0.15) is 51.9 Å². The molecule has 0 aliphatic carbocycles. The summed E-state index contributed by atoms with van der Waals surface area (Å²) < 4.78 is 1.77. The van der Waals surface area contributed by atoms with Crippen LogP contribution in [0.3, 0.4) is 0 Å². The Bertz CT molecular complexity index is 636. The van der Waals surface area contributed by atoms with Crippen molar-refractivity contribution in [3.63, 3.8) is 0 Å². The Morgan fingerprint density at radius 3 is 2.45 bits per heavy atom. The molecule has 2 heterocycles. The molecule has 2 aromatic heterocycles. The molecule has 0 aliphatic heterocycles. The van der Waals surface area contributed by atoms with E-state index in [4.69, 9.17) is 5.11 Å². The second-order valence-corrected chi connectivity index (χ2v) is 7.92. The zero-order valence-electron chi connectivity index (χ0n) is 12.5. The zero-order valence-corrected chi connectivity index (χ0v) is 13.3. The Morgan fingerprint density at radius 1 is 1.25 bits per heavy atom. The van der Waals surface area contributed by atoms with Crippen LogP contribution in [-0.4, -0.2) is 30.9 Å². The summed E-state index contributed by atoms with van der Waals surface area (Å²) in [5.74, 6) is 0.0411. The molecule has 0 amide bonds. The van der Waals surface area contributed by atoms with Crippen molar-refractivity contribution in [2.45, 2.75) is 52.9 Å². The molecule has 0 fully saturated rings. The van der Waals surface area contributed by atoms with E-state index in [-0.39, 0.29) is 17.3 Å². The van der Waals surface area contributed by atoms with Crippen LogP contribution < -0.4 is 0 Å². The number of hydrogen-bond acceptors (Lipinski definition) is 5. The summed E-state index contributed by atoms with van der Waals surface area (Å²) in [6.45, 7) is 10.1. The van der Waals surface area contributed by atoms with Crippen LogP contribution in [0.15, 0.2) is 0 Å². The minimum Gasteiger partial charge on any atom is -0.481 e. The lowest BCUT2D eigenvalue weighted by Crippen LogP contribution is -2.20. The fourth-order valence-corrected chi connectivity index (χ4v) is 3.17. The van der Waals surface area contributed by atoms with E-state index in [1.54, 1.807) is 4.52 Å². The van der Waals surface area contributed by atoms with E-state index in [1.807, 2.05) is 13.8 Å². The molecule has 2 aromatic rings. The predicted molar refractivity (Wildman–Crippen MR) is 77.1 cm³/mol. The van der Waals surface area contributed by atoms with Crippen LogP contribution in [-0.2, 0) is 16.6 Å².